The summed E-state index contributed by atoms with van der Waals surface area (Å²) in [6.07, 6.45) is 6.38. The highest BCUT2D eigenvalue weighted by Crippen LogP contribution is 1.79. The normalized spacial score (nSPS) is 9.50. The van der Waals surface area contributed by atoms with Gasteiger partial charge in [-0.3, -0.25) is 4.79 Å². The molecule has 8 heavy (non-hydrogen) atoms. The van der Waals surface area contributed by atoms with Crippen molar-refractivity contribution in [2.75, 3.05) is 0 Å². The quantitative estimate of drug-likeness (QED) is 0.394. The van der Waals surface area contributed by atoms with Crippen LogP contribution >= 0.6 is 0 Å². The summed E-state index contributed by atoms with van der Waals surface area (Å²) in [4.78, 5) is 19.1. The molecule has 0 aliphatic rings. The maximum atomic E-state index is 9.62. The lowest BCUT2D eigenvalue weighted by molar-refractivity contribution is -0.107. The molecule has 0 rings (SSSR count). The van der Waals surface area contributed by atoms with Crippen LogP contribution in [0.2, 0.25) is 0 Å². The Morgan fingerprint density at radius 3 is 2.62 bits per heavy atom. The first-order chi connectivity index (χ1) is 3.91. The Kier molecular flexibility index (Phi) is 5.38. The van der Waals surface area contributed by atoms with Gasteiger partial charge < -0.3 is 4.79 Å². The summed E-state index contributed by atoms with van der Waals surface area (Å²) in [6, 6.07) is 0. The highest BCUT2D eigenvalue weighted by Gasteiger charge is 1.72. The van der Waals surface area contributed by atoms with Crippen LogP contribution in [0, 0.1) is 0 Å². The summed E-state index contributed by atoms with van der Waals surface area (Å²) in [6.45, 7) is 0. The molecule has 0 bridgehead atoms. The van der Waals surface area contributed by atoms with E-state index < -0.39 is 0 Å². The highest BCUT2D eigenvalue weighted by atomic mass is 16.1. The molecule has 0 saturated heterocycles. The average Bonchev–Trinajstić information content (AvgIpc) is 1.81. The summed E-state index contributed by atoms with van der Waals surface area (Å²) in [5.74, 6) is 0. The fourth-order valence-electron chi connectivity index (χ4n) is 0.283. The number of carbonyl (C=O) groups is 1. The van der Waals surface area contributed by atoms with Gasteiger partial charge in [0.2, 0.25) is 6.29 Å². The van der Waals surface area contributed by atoms with E-state index in [1.54, 1.807) is 18.4 Å². The van der Waals surface area contributed by atoms with Crippen LogP contribution in [0.4, 0.5) is 0 Å². The molecule has 0 aliphatic carbocycles. The smallest absolute Gasteiger partial charge is 0.202 e. The Morgan fingerprint density at radius 1 is 1.38 bits per heavy atom. The van der Waals surface area contributed by atoms with E-state index >= 15 is 0 Å². The van der Waals surface area contributed by atoms with Gasteiger partial charge in [-0.05, 0) is 0 Å². The van der Waals surface area contributed by atoms with Crippen LogP contribution in [0.25, 0.3) is 0 Å². The molecule has 0 unspecified atom stereocenters. The summed E-state index contributed by atoms with van der Waals surface area (Å²) >= 11 is 0. The summed E-state index contributed by atoms with van der Waals surface area (Å²) in [5.41, 5.74) is 0. The second-order valence-corrected chi connectivity index (χ2v) is 1.22. The van der Waals surface area contributed by atoms with Crippen LogP contribution in [0.15, 0.2) is 12.2 Å². The van der Waals surface area contributed by atoms with E-state index in [9.17, 15) is 9.59 Å². The van der Waals surface area contributed by atoms with Crippen molar-refractivity contribution in [1.29, 1.82) is 0 Å². The van der Waals surface area contributed by atoms with Crippen molar-refractivity contribution < 1.29 is 9.59 Å². The van der Waals surface area contributed by atoms with E-state index in [1.807, 2.05) is 0 Å². The lowest BCUT2D eigenvalue weighted by Crippen LogP contribution is -1.68. The third-order valence-electron chi connectivity index (χ3n) is 0.600. The van der Waals surface area contributed by atoms with Gasteiger partial charge in [0.1, 0.15) is 6.29 Å². The van der Waals surface area contributed by atoms with Gasteiger partial charge in [-0.2, -0.15) is 0 Å². The summed E-state index contributed by atoms with van der Waals surface area (Å²) in [5, 5.41) is 0. The van der Waals surface area contributed by atoms with E-state index in [4.69, 9.17) is 0 Å². The van der Waals surface area contributed by atoms with Crippen molar-refractivity contribution in [1.82, 2.24) is 0 Å². The van der Waals surface area contributed by atoms with Crippen LogP contribution in [-0.4, -0.2) is 12.6 Å². The molecule has 0 heterocycles. The van der Waals surface area contributed by atoms with Crippen molar-refractivity contribution >= 4 is 12.6 Å². The van der Waals surface area contributed by atoms with Crippen molar-refractivity contribution in [3.8, 4) is 0 Å². The molecular formula is C6H7O2. The summed E-state index contributed by atoms with van der Waals surface area (Å²) in [7, 11) is 0. The van der Waals surface area contributed by atoms with Crippen LogP contribution in [-0.2, 0) is 9.59 Å². The fourth-order valence-corrected chi connectivity index (χ4v) is 0.283. The van der Waals surface area contributed by atoms with E-state index in [-0.39, 0.29) is 6.42 Å². The van der Waals surface area contributed by atoms with E-state index in [0.29, 0.717) is 6.42 Å². The largest absolute Gasteiger partial charge is 0.303 e. The number of allylic oxidation sites excluding steroid dienone is 2. The molecule has 0 N–H and O–H groups in total. The highest BCUT2D eigenvalue weighted by molar-refractivity contribution is 5.55. The zero-order valence-corrected chi connectivity index (χ0v) is 4.46. The van der Waals surface area contributed by atoms with Gasteiger partial charge in [-0.25, -0.2) is 0 Å². The van der Waals surface area contributed by atoms with Gasteiger partial charge in [0.15, 0.2) is 0 Å². The lowest BCUT2D eigenvalue weighted by atomic mass is 10.3. The van der Waals surface area contributed by atoms with Crippen molar-refractivity contribution in [2.45, 2.75) is 12.8 Å². The topological polar surface area (TPSA) is 34.1 Å². The zero-order valence-electron chi connectivity index (χ0n) is 4.46. The zero-order chi connectivity index (χ0) is 6.24. The molecule has 1 radical (unpaired) electrons. The van der Waals surface area contributed by atoms with Crippen LogP contribution in [0.1, 0.15) is 12.8 Å². The predicted molar refractivity (Wildman–Crippen MR) is 30.1 cm³/mol. The maximum absolute atomic E-state index is 9.62. The minimum absolute atomic E-state index is 0.286. The van der Waals surface area contributed by atoms with Gasteiger partial charge in [0.25, 0.3) is 0 Å². The Hall–Kier alpha value is -0.920. The van der Waals surface area contributed by atoms with Gasteiger partial charge in [0.05, 0.1) is 0 Å². The molecule has 0 fully saturated rings. The first-order valence-electron chi connectivity index (χ1n) is 2.35. The molecule has 0 aromatic rings. The van der Waals surface area contributed by atoms with Crippen molar-refractivity contribution in [3.05, 3.63) is 12.2 Å². The minimum atomic E-state index is 0.286. The summed E-state index contributed by atoms with van der Waals surface area (Å²) < 4.78 is 0. The third-order valence-corrected chi connectivity index (χ3v) is 0.600. The molecule has 0 amide bonds. The van der Waals surface area contributed by atoms with Gasteiger partial charge in [0, 0.05) is 12.8 Å². The molecule has 0 aromatic heterocycles. The van der Waals surface area contributed by atoms with Crippen molar-refractivity contribution in [2.24, 2.45) is 0 Å². The Morgan fingerprint density at radius 2 is 2.12 bits per heavy atom. The van der Waals surface area contributed by atoms with Crippen LogP contribution < -0.4 is 0 Å². The fraction of sp³-hybridized carbons (Fsp3) is 0.333. The number of aldehydes is 1. The van der Waals surface area contributed by atoms with Gasteiger partial charge in [-0.1, -0.05) is 12.2 Å². The molecule has 0 aliphatic heterocycles. The Labute approximate surface area is 48.2 Å². The molecule has 2 heteroatoms. The second-order valence-electron chi connectivity index (χ2n) is 1.22. The second kappa shape index (κ2) is 6.08. The van der Waals surface area contributed by atoms with E-state index in [2.05, 4.69) is 0 Å². The number of hydrogen-bond acceptors (Lipinski definition) is 2. The SMILES string of the molecule is O=[C]CC=CCC=O. The first-order valence-corrected chi connectivity index (χ1v) is 2.35. The number of carbonyl (C=O) groups excluding carboxylic acids is 2. The molecule has 2 nitrogen and oxygen atoms in total. The maximum Gasteiger partial charge on any atom is 0.202 e. The monoisotopic (exact) mass is 111 g/mol. The number of rotatable bonds is 4. The Balaban J connectivity index is 3.06. The molecular weight excluding hydrogens is 104 g/mol. The van der Waals surface area contributed by atoms with E-state index in [1.165, 1.54) is 0 Å². The third kappa shape index (κ3) is 5.08. The first kappa shape index (κ1) is 7.08. The van der Waals surface area contributed by atoms with Gasteiger partial charge >= 0.3 is 0 Å². The van der Waals surface area contributed by atoms with Crippen molar-refractivity contribution in [3.63, 3.8) is 0 Å². The molecule has 0 atom stereocenters. The predicted octanol–water partition coefficient (Wildman–Crippen LogP) is 0.631. The molecule has 0 aromatic carbocycles. The Bertz CT molecular complexity index is 82.7. The molecule has 0 spiro atoms. The standard InChI is InChI=1S/C6H7O2/c7-5-3-1-2-4-6-8/h1-2,5H,3-4H2. The van der Waals surface area contributed by atoms with Crippen LogP contribution in [0.3, 0.4) is 0 Å². The molecule has 43 valence electrons. The lowest BCUT2D eigenvalue weighted by Gasteiger charge is -1.71. The number of hydrogen-bond donors (Lipinski definition) is 0. The van der Waals surface area contributed by atoms with Crippen LogP contribution in [0.5, 0.6) is 0 Å². The minimum Gasteiger partial charge on any atom is -0.303 e. The van der Waals surface area contributed by atoms with E-state index in [0.717, 1.165) is 6.29 Å². The average molecular weight is 111 g/mol. The van der Waals surface area contributed by atoms with Gasteiger partial charge in [-0.15, -0.1) is 0 Å². The molecule has 0 saturated carbocycles.